The summed E-state index contributed by atoms with van der Waals surface area (Å²) in [5.41, 5.74) is 2.12. The molecular weight excluding hydrogens is 268 g/mol. The molecule has 0 spiro atoms. The second-order valence-corrected chi connectivity index (χ2v) is 5.27. The van der Waals surface area contributed by atoms with Crippen molar-refractivity contribution in [3.63, 3.8) is 0 Å². The Bertz CT molecular complexity index is 724. The van der Waals surface area contributed by atoms with E-state index in [4.69, 9.17) is 0 Å². The fourth-order valence-electron chi connectivity index (χ4n) is 1.99. The van der Waals surface area contributed by atoms with E-state index in [0.717, 1.165) is 27.5 Å². The van der Waals surface area contributed by atoms with E-state index >= 15 is 0 Å². The summed E-state index contributed by atoms with van der Waals surface area (Å²) in [4.78, 5) is 13.1. The van der Waals surface area contributed by atoms with Crippen LogP contribution >= 0.6 is 11.8 Å². The number of benzene rings is 1. The maximum Gasteiger partial charge on any atom is 0.117 e. The molecular formula is C15H14N4S. The van der Waals surface area contributed by atoms with Crippen molar-refractivity contribution in [1.82, 2.24) is 20.3 Å². The Balaban J connectivity index is 2.01. The van der Waals surface area contributed by atoms with E-state index in [1.165, 1.54) is 5.56 Å². The molecule has 20 heavy (non-hydrogen) atoms. The summed E-state index contributed by atoms with van der Waals surface area (Å²) in [7, 11) is 1.93. The first-order valence-electron chi connectivity index (χ1n) is 6.34. The van der Waals surface area contributed by atoms with Gasteiger partial charge in [-0.05, 0) is 36.5 Å². The Hall–Kier alpha value is -1.98. The summed E-state index contributed by atoms with van der Waals surface area (Å²) >= 11 is 1.58. The monoisotopic (exact) mass is 282 g/mol. The largest absolute Gasteiger partial charge is 0.316 e. The minimum absolute atomic E-state index is 0.791. The number of fused-ring (bicyclic) bond motifs is 1. The number of nitrogens with zero attached hydrogens (tertiary/aromatic N) is 3. The van der Waals surface area contributed by atoms with Gasteiger partial charge in [-0.15, -0.1) is 0 Å². The zero-order chi connectivity index (χ0) is 13.8. The molecule has 2 heterocycles. The Labute approximate surface area is 121 Å². The normalized spacial score (nSPS) is 10.8. The Morgan fingerprint density at radius 3 is 2.80 bits per heavy atom. The molecule has 0 fully saturated rings. The number of hydrogen-bond acceptors (Lipinski definition) is 5. The van der Waals surface area contributed by atoms with Gasteiger partial charge in [-0.3, -0.25) is 0 Å². The number of hydrogen-bond donors (Lipinski definition) is 1. The van der Waals surface area contributed by atoms with Crippen LogP contribution in [0.25, 0.3) is 10.9 Å². The molecule has 0 bridgehead atoms. The molecule has 0 aliphatic heterocycles. The minimum Gasteiger partial charge on any atom is -0.316 e. The molecule has 0 radical (unpaired) electrons. The summed E-state index contributed by atoms with van der Waals surface area (Å²) in [5, 5.41) is 6.13. The van der Waals surface area contributed by atoms with Gasteiger partial charge < -0.3 is 5.32 Å². The summed E-state index contributed by atoms with van der Waals surface area (Å²) in [6.45, 7) is 0.791. The Morgan fingerprint density at radius 2 is 1.90 bits per heavy atom. The van der Waals surface area contributed by atoms with Gasteiger partial charge >= 0.3 is 0 Å². The SMILES string of the molecule is CNCc1cccnc1Sc1ncnc2ccccc12. The van der Waals surface area contributed by atoms with Gasteiger partial charge in [0, 0.05) is 18.1 Å². The number of para-hydroxylation sites is 1. The van der Waals surface area contributed by atoms with Gasteiger partial charge in [0.25, 0.3) is 0 Å². The highest BCUT2D eigenvalue weighted by Gasteiger charge is 2.09. The molecule has 0 aliphatic rings. The lowest BCUT2D eigenvalue weighted by atomic mass is 10.2. The fourth-order valence-corrected chi connectivity index (χ4v) is 2.94. The molecule has 0 atom stereocenters. The lowest BCUT2D eigenvalue weighted by Crippen LogP contribution is -2.06. The van der Waals surface area contributed by atoms with Gasteiger partial charge in [-0.1, -0.05) is 24.3 Å². The van der Waals surface area contributed by atoms with Crippen molar-refractivity contribution in [2.45, 2.75) is 16.6 Å². The van der Waals surface area contributed by atoms with E-state index in [1.54, 1.807) is 18.1 Å². The number of rotatable bonds is 4. The standard InChI is InChI=1S/C15H14N4S/c1-16-9-11-5-4-8-17-14(11)20-15-12-6-2-3-7-13(12)18-10-19-15/h2-8,10,16H,9H2,1H3. The summed E-state index contributed by atoms with van der Waals surface area (Å²) in [6, 6.07) is 12.1. The molecule has 100 valence electrons. The molecule has 3 rings (SSSR count). The van der Waals surface area contributed by atoms with Crippen molar-refractivity contribution in [3.8, 4) is 0 Å². The zero-order valence-electron chi connectivity index (χ0n) is 11.1. The molecule has 0 aliphatic carbocycles. The lowest BCUT2D eigenvalue weighted by molar-refractivity contribution is 0.789. The van der Waals surface area contributed by atoms with Crippen LogP contribution in [0.4, 0.5) is 0 Å². The van der Waals surface area contributed by atoms with Crippen molar-refractivity contribution in [2.24, 2.45) is 0 Å². The molecule has 4 nitrogen and oxygen atoms in total. The summed E-state index contributed by atoms with van der Waals surface area (Å²) in [6.07, 6.45) is 3.41. The highest BCUT2D eigenvalue weighted by molar-refractivity contribution is 7.99. The first kappa shape index (κ1) is 13.0. The van der Waals surface area contributed by atoms with Crippen molar-refractivity contribution in [1.29, 1.82) is 0 Å². The van der Waals surface area contributed by atoms with E-state index in [9.17, 15) is 0 Å². The molecule has 1 N–H and O–H groups in total. The first-order valence-corrected chi connectivity index (χ1v) is 7.16. The molecule has 3 aromatic rings. The molecule has 5 heteroatoms. The maximum absolute atomic E-state index is 4.46. The predicted octanol–water partition coefficient (Wildman–Crippen LogP) is 2.90. The van der Waals surface area contributed by atoms with E-state index in [0.29, 0.717) is 0 Å². The van der Waals surface area contributed by atoms with Gasteiger partial charge in [0.2, 0.25) is 0 Å². The fraction of sp³-hybridized carbons (Fsp3) is 0.133. The van der Waals surface area contributed by atoms with Crippen molar-refractivity contribution >= 4 is 22.7 Å². The van der Waals surface area contributed by atoms with Crippen LogP contribution in [-0.2, 0) is 6.54 Å². The molecule has 0 saturated carbocycles. The van der Waals surface area contributed by atoms with Gasteiger partial charge in [0.1, 0.15) is 16.4 Å². The van der Waals surface area contributed by atoms with Crippen molar-refractivity contribution in [3.05, 3.63) is 54.5 Å². The average Bonchev–Trinajstić information content (AvgIpc) is 2.50. The van der Waals surface area contributed by atoms with Gasteiger partial charge in [0.05, 0.1) is 5.52 Å². The quantitative estimate of drug-likeness (QED) is 0.746. The first-order chi connectivity index (χ1) is 9.88. The highest BCUT2D eigenvalue weighted by Crippen LogP contribution is 2.31. The average molecular weight is 282 g/mol. The van der Waals surface area contributed by atoms with E-state index in [1.807, 2.05) is 43.6 Å². The van der Waals surface area contributed by atoms with Crippen LogP contribution in [0.15, 0.2) is 59.0 Å². The predicted molar refractivity (Wildman–Crippen MR) is 80.7 cm³/mol. The van der Waals surface area contributed by atoms with Gasteiger partial charge in [-0.2, -0.15) is 0 Å². The molecule has 0 saturated heterocycles. The second kappa shape index (κ2) is 5.98. The van der Waals surface area contributed by atoms with Crippen LogP contribution in [0.3, 0.4) is 0 Å². The zero-order valence-corrected chi connectivity index (χ0v) is 11.9. The van der Waals surface area contributed by atoms with E-state index < -0.39 is 0 Å². The van der Waals surface area contributed by atoms with Gasteiger partial charge in [0.15, 0.2) is 0 Å². The number of pyridine rings is 1. The van der Waals surface area contributed by atoms with Crippen LogP contribution < -0.4 is 5.32 Å². The molecule has 0 amide bonds. The van der Waals surface area contributed by atoms with Crippen molar-refractivity contribution < 1.29 is 0 Å². The Morgan fingerprint density at radius 1 is 1.00 bits per heavy atom. The van der Waals surface area contributed by atoms with Crippen LogP contribution in [0.1, 0.15) is 5.56 Å². The van der Waals surface area contributed by atoms with Crippen molar-refractivity contribution in [2.75, 3.05) is 7.05 Å². The number of aromatic nitrogens is 3. The summed E-state index contributed by atoms with van der Waals surface area (Å²) < 4.78 is 0. The molecule has 1 aromatic carbocycles. The smallest absolute Gasteiger partial charge is 0.117 e. The van der Waals surface area contributed by atoms with Crippen LogP contribution in [-0.4, -0.2) is 22.0 Å². The summed E-state index contributed by atoms with van der Waals surface area (Å²) in [5.74, 6) is 0. The molecule has 2 aromatic heterocycles. The maximum atomic E-state index is 4.46. The van der Waals surface area contributed by atoms with E-state index in [2.05, 4.69) is 26.3 Å². The minimum atomic E-state index is 0.791. The highest BCUT2D eigenvalue weighted by atomic mass is 32.2. The van der Waals surface area contributed by atoms with E-state index in [-0.39, 0.29) is 0 Å². The Kier molecular flexibility index (Phi) is 3.90. The van der Waals surface area contributed by atoms with Gasteiger partial charge in [-0.25, -0.2) is 15.0 Å². The third-order valence-corrected chi connectivity index (χ3v) is 4.00. The third kappa shape index (κ3) is 2.64. The third-order valence-electron chi connectivity index (χ3n) is 2.92. The van der Waals surface area contributed by atoms with Crippen LogP contribution in [0, 0.1) is 0 Å². The second-order valence-electron chi connectivity index (χ2n) is 4.30. The van der Waals surface area contributed by atoms with Crippen LogP contribution in [0.5, 0.6) is 0 Å². The topological polar surface area (TPSA) is 50.7 Å². The number of nitrogens with one attached hydrogen (secondary N) is 1. The van der Waals surface area contributed by atoms with Crippen LogP contribution in [0.2, 0.25) is 0 Å². The molecule has 0 unspecified atom stereocenters. The lowest BCUT2D eigenvalue weighted by Gasteiger charge is -2.08.